The van der Waals surface area contributed by atoms with E-state index in [2.05, 4.69) is 21.1 Å². The molecule has 2 amide bonds. The highest BCUT2D eigenvalue weighted by Gasteiger charge is 2.56. The zero-order valence-electron chi connectivity index (χ0n) is 13.4. The normalized spacial score (nSPS) is 21.9. The number of anilines is 1. The van der Waals surface area contributed by atoms with Crippen molar-refractivity contribution >= 4 is 39.1 Å². The zero-order chi connectivity index (χ0) is 19.3. The van der Waals surface area contributed by atoms with E-state index in [1.54, 1.807) is 24.3 Å². The summed E-state index contributed by atoms with van der Waals surface area (Å²) in [5, 5.41) is 3.86. The molecule has 0 radical (unpaired) electrons. The van der Waals surface area contributed by atoms with E-state index in [0.717, 1.165) is 27.6 Å². The number of carbonyl (C=O) groups excluding carboxylic acids is 2. The first kappa shape index (κ1) is 17.7. The summed E-state index contributed by atoms with van der Waals surface area (Å²) in [7, 11) is 0. The van der Waals surface area contributed by atoms with E-state index in [4.69, 9.17) is 4.84 Å². The van der Waals surface area contributed by atoms with Gasteiger partial charge in [0.05, 0.1) is 11.3 Å². The molecule has 2 aromatic carbocycles. The zero-order valence-corrected chi connectivity index (χ0v) is 15.0. The van der Waals surface area contributed by atoms with E-state index in [1.807, 2.05) is 0 Å². The fourth-order valence-electron chi connectivity index (χ4n) is 3.11. The van der Waals surface area contributed by atoms with Crippen LogP contribution in [-0.4, -0.2) is 23.6 Å². The highest BCUT2D eigenvalue weighted by atomic mass is 79.9. The predicted octanol–water partition coefficient (Wildman–Crippen LogP) is 3.76. The Balaban J connectivity index is 1.69. The summed E-state index contributed by atoms with van der Waals surface area (Å²) in [5.74, 6) is -2.39. The lowest BCUT2D eigenvalue weighted by molar-refractivity contribution is -0.137. The fraction of sp³-hybridized carbons (Fsp3) is 0.167. The maximum absolute atomic E-state index is 13.0. The first-order valence-electron chi connectivity index (χ1n) is 7.82. The van der Waals surface area contributed by atoms with Crippen molar-refractivity contribution in [3.05, 3.63) is 64.1 Å². The molecule has 1 fully saturated rings. The number of benzene rings is 2. The topological polar surface area (TPSA) is 59.0 Å². The fourth-order valence-corrected chi connectivity index (χ4v) is 3.38. The van der Waals surface area contributed by atoms with Crippen molar-refractivity contribution in [2.75, 3.05) is 4.90 Å². The van der Waals surface area contributed by atoms with Gasteiger partial charge >= 0.3 is 6.18 Å². The maximum atomic E-state index is 13.0. The molecule has 138 valence electrons. The number of oxime groups is 1. The molecule has 2 aliphatic rings. The van der Waals surface area contributed by atoms with E-state index in [9.17, 15) is 22.8 Å². The molecule has 9 heteroatoms. The predicted molar refractivity (Wildman–Crippen MR) is 93.0 cm³/mol. The van der Waals surface area contributed by atoms with Crippen LogP contribution >= 0.6 is 15.9 Å². The first-order valence-corrected chi connectivity index (χ1v) is 8.61. The average molecular weight is 439 g/mol. The van der Waals surface area contributed by atoms with Crippen molar-refractivity contribution in [3.8, 4) is 0 Å². The Kier molecular flexibility index (Phi) is 4.06. The molecule has 2 aromatic rings. The molecule has 4 rings (SSSR count). The smallest absolute Gasteiger partial charge is 0.381 e. The highest BCUT2D eigenvalue weighted by molar-refractivity contribution is 9.10. The van der Waals surface area contributed by atoms with Crippen molar-refractivity contribution in [1.29, 1.82) is 0 Å². The molecular weight excluding hydrogens is 429 g/mol. The van der Waals surface area contributed by atoms with Gasteiger partial charge in [0.1, 0.15) is 11.6 Å². The van der Waals surface area contributed by atoms with E-state index >= 15 is 0 Å². The van der Waals surface area contributed by atoms with Gasteiger partial charge in [-0.2, -0.15) is 13.2 Å². The van der Waals surface area contributed by atoms with Gasteiger partial charge in [-0.15, -0.1) is 0 Å². The van der Waals surface area contributed by atoms with E-state index in [0.29, 0.717) is 5.56 Å². The molecule has 2 heterocycles. The molecule has 0 saturated carbocycles. The third kappa shape index (κ3) is 2.91. The van der Waals surface area contributed by atoms with Crippen molar-refractivity contribution < 1.29 is 27.6 Å². The van der Waals surface area contributed by atoms with Crippen LogP contribution in [0.5, 0.6) is 0 Å². The molecule has 2 aliphatic heterocycles. The highest BCUT2D eigenvalue weighted by Crippen LogP contribution is 2.37. The lowest BCUT2D eigenvalue weighted by atomic mass is 9.94. The lowest BCUT2D eigenvalue weighted by Gasteiger charge is -2.17. The minimum absolute atomic E-state index is 0.145. The second-order valence-electron chi connectivity index (χ2n) is 6.05. The minimum atomic E-state index is -4.59. The van der Waals surface area contributed by atoms with Gasteiger partial charge in [-0.1, -0.05) is 39.3 Å². The number of carbonyl (C=O) groups is 2. The average Bonchev–Trinajstić information content (AvgIpc) is 3.16. The van der Waals surface area contributed by atoms with Gasteiger partial charge in [0.15, 0.2) is 0 Å². The molecule has 0 N–H and O–H groups in total. The monoisotopic (exact) mass is 438 g/mol. The number of amides is 2. The van der Waals surface area contributed by atoms with Gasteiger partial charge in [0.25, 0.3) is 5.91 Å². The molecule has 0 bridgehead atoms. The molecule has 5 nitrogen and oxygen atoms in total. The minimum Gasteiger partial charge on any atom is -0.381 e. The van der Waals surface area contributed by atoms with Gasteiger partial charge < -0.3 is 4.84 Å². The molecule has 27 heavy (non-hydrogen) atoms. The Bertz CT molecular complexity index is 973. The number of imide groups is 1. The number of nitrogens with zero attached hydrogens (tertiary/aromatic N) is 2. The van der Waals surface area contributed by atoms with E-state index in [1.165, 1.54) is 6.07 Å². The molecule has 0 aromatic heterocycles. The Labute approximate surface area is 159 Å². The maximum Gasteiger partial charge on any atom is 0.416 e. The van der Waals surface area contributed by atoms with Crippen LogP contribution in [0.25, 0.3) is 0 Å². The summed E-state index contributed by atoms with van der Waals surface area (Å²) in [6.07, 6.45) is -5.76. The summed E-state index contributed by atoms with van der Waals surface area (Å²) in [5.41, 5.74) is -0.216. The lowest BCUT2D eigenvalue weighted by Crippen LogP contribution is -2.33. The van der Waals surface area contributed by atoms with Crippen LogP contribution in [0, 0.1) is 5.92 Å². The summed E-state index contributed by atoms with van der Waals surface area (Å²) in [6, 6.07) is 11.0. The van der Waals surface area contributed by atoms with Gasteiger partial charge in [-0.3, -0.25) is 9.59 Å². The van der Waals surface area contributed by atoms with Crippen molar-refractivity contribution in [2.45, 2.75) is 12.3 Å². The molecule has 0 unspecified atom stereocenters. The summed E-state index contributed by atoms with van der Waals surface area (Å²) >= 11 is 3.30. The molecular formula is C18H10BrF3N2O3. The van der Waals surface area contributed by atoms with Crippen LogP contribution in [0.3, 0.4) is 0 Å². The number of hydrogen-bond acceptors (Lipinski definition) is 4. The van der Waals surface area contributed by atoms with Crippen molar-refractivity contribution in [2.24, 2.45) is 11.1 Å². The molecule has 0 aliphatic carbocycles. The van der Waals surface area contributed by atoms with Gasteiger partial charge in [-0.05, 0) is 30.3 Å². The third-order valence-electron chi connectivity index (χ3n) is 4.38. The van der Waals surface area contributed by atoms with Crippen LogP contribution in [0.1, 0.15) is 11.1 Å². The number of hydrogen-bond donors (Lipinski definition) is 0. The quantitative estimate of drug-likeness (QED) is 0.670. The Hall–Kier alpha value is -2.68. The largest absolute Gasteiger partial charge is 0.416 e. The van der Waals surface area contributed by atoms with Crippen LogP contribution in [0.4, 0.5) is 18.9 Å². The second kappa shape index (κ2) is 6.19. The van der Waals surface area contributed by atoms with Crippen LogP contribution in [-0.2, 0) is 20.6 Å². The Morgan fingerprint density at radius 3 is 2.41 bits per heavy atom. The van der Waals surface area contributed by atoms with E-state index < -0.39 is 35.6 Å². The van der Waals surface area contributed by atoms with Crippen molar-refractivity contribution in [1.82, 2.24) is 0 Å². The Morgan fingerprint density at radius 1 is 1.04 bits per heavy atom. The second-order valence-corrected chi connectivity index (χ2v) is 6.96. The molecule has 2 atom stereocenters. The first-order chi connectivity index (χ1) is 12.8. The SMILES string of the molecule is O=C1[C@H]2C(c3ccc(Br)cc3)=NO[C@H]2C(=O)N1c1cccc(C(F)(F)F)c1. The Morgan fingerprint density at radius 2 is 1.74 bits per heavy atom. The van der Waals surface area contributed by atoms with Crippen LogP contribution in [0.15, 0.2) is 58.2 Å². The van der Waals surface area contributed by atoms with Crippen molar-refractivity contribution in [3.63, 3.8) is 0 Å². The third-order valence-corrected chi connectivity index (χ3v) is 4.91. The molecule has 0 spiro atoms. The van der Waals surface area contributed by atoms with Crippen LogP contribution < -0.4 is 4.90 Å². The van der Waals surface area contributed by atoms with Crippen LogP contribution in [0.2, 0.25) is 0 Å². The van der Waals surface area contributed by atoms with E-state index in [-0.39, 0.29) is 11.4 Å². The summed E-state index contributed by atoms with van der Waals surface area (Å²) < 4.78 is 39.7. The van der Waals surface area contributed by atoms with Gasteiger partial charge in [0, 0.05) is 10.0 Å². The standard InChI is InChI=1S/C18H10BrF3N2O3/c19-11-6-4-9(5-7-11)14-13-15(27-23-14)17(26)24(16(13)25)12-3-1-2-10(8-12)18(20,21)22/h1-8,13,15H/t13-,15+/m0/s1. The van der Waals surface area contributed by atoms with Gasteiger partial charge in [-0.25, -0.2) is 4.90 Å². The molecule has 1 saturated heterocycles. The number of halogens is 4. The number of alkyl halides is 3. The van der Waals surface area contributed by atoms with Gasteiger partial charge in [0.2, 0.25) is 12.0 Å². The number of fused-ring (bicyclic) bond motifs is 1. The summed E-state index contributed by atoms with van der Waals surface area (Å²) in [6.45, 7) is 0. The number of rotatable bonds is 2. The summed E-state index contributed by atoms with van der Waals surface area (Å²) in [4.78, 5) is 31.4.